The number of nitrogens with one attached hydrogen (secondary N) is 1. The third-order valence-electron chi connectivity index (χ3n) is 2.67. The first-order valence-electron chi connectivity index (χ1n) is 5.06. The number of benzene rings is 1. The number of carbonyl (C=O) groups is 1. The van der Waals surface area contributed by atoms with Gasteiger partial charge in [-0.3, -0.25) is 4.79 Å². The molecule has 2 N–H and O–H groups in total. The van der Waals surface area contributed by atoms with E-state index in [1.54, 1.807) is 6.07 Å². The van der Waals surface area contributed by atoms with Gasteiger partial charge in [0, 0.05) is 23.0 Å². The van der Waals surface area contributed by atoms with Crippen molar-refractivity contribution in [3.63, 3.8) is 0 Å². The molecule has 3 nitrogen and oxygen atoms in total. The zero-order chi connectivity index (χ0) is 11.7. The lowest BCUT2D eigenvalue weighted by Gasteiger charge is -1.98. The largest absolute Gasteiger partial charge is 0.481 e. The molecule has 0 bridgehead atoms. The first kappa shape index (κ1) is 10.7. The normalized spacial score (nSPS) is 10.9. The van der Waals surface area contributed by atoms with Crippen LogP contribution in [0.4, 0.5) is 4.39 Å². The van der Waals surface area contributed by atoms with Gasteiger partial charge in [0.15, 0.2) is 0 Å². The maximum absolute atomic E-state index is 13.1. The highest BCUT2D eigenvalue weighted by molar-refractivity contribution is 5.85. The predicted octanol–water partition coefficient (Wildman–Crippen LogP) is 2.63. The molecule has 2 rings (SSSR count). The van der Waals surface area contributed by atoms with Gasteiger partial charge in [-0.1, -0.05) is 0 Å². The van der Waals surface area contributed by atoms with Crippen molar-refractivity contribution in [2.24, 2.45) is 0 Å². The highest BCUT2D eigenvalue weighted by atomic mass is 19.1. The average molecular weight is 221 g/mol. The summed E-state index contributed by atoms with van der Waals surface area (Å²) in [5.41, 5.74) is 2.64. The average Bonchev–Trinajstić information content (AvgIpc) is 2.51. The van der Waals surface area contributed by atoms with Gasteiger partial charge >= 0.3 is 5.97 Å². The third kappa shape index (κ3) is 1.91. The Morgan fingerprint density at radius 3 is 2.94 bits per heavy atom. The van der Waals surface area contributed by atoms with Crippen LogP contribution >= 0.6 is 0 Å². The van der Waals surface area contributed by atoms with Crippen molar-refractivity contribution in [2.75, 3.05) is 0 Å². The number of H-pyrrole nitrogens is 1. The molecule has 4 heteroatoms. The Morgan fingerprint density at radius 2 is 2.25 bits per heavy atom. The molecule has 1 heterocycles. The van der Waals surface area contributed by atoms with Crippen LogP contribution in [0.15, 0.2) is 18.2 Å². The fourth-order valence-electron chi connectivity index (χ4n) is 1.91. The summed E-state index contributed by atoms with van der Waals surface area (Å²) in [6.07, 6.45) is 0.481. The molecular formula is C12H12FNO2. The Balaban J connectivity index is 2.45. The van der Waals surface area contributed by atoms with Crippen LogP contribution in [0.1, 0.15) is 17.7 Å². The van der Waals surface area contributed by atoms with Crippen LogP contribution in [0.25, 0.3) is 10.9 Å². The Morgan fingerprint density at radius 1 is 1.50 bits per heavy atom. The zero-order valence-electron chi connectivity index (χ0n) is 8.88. The summed E-state index contributed by atoms with van der Waals surface area (Å²) in [4.78, 5) is 13.6. The number of aryl methyl sites for hydroxylation is 2. The number of halogens is 1. The molecular weight excluding hydrogens is 209 g/mol. The van der Waals surface area contributed by atoms with E-state index >= 15 is 0 Å². The molecule has 0 spiro atoms. The van der Waals surface area contributed by atoms with E-state index in [1.807, 2.05) is 6.92 Å². The second-order valence-corrected chi connectivity index (χ2v) is 3.81. The van der Waals surface area contributed by atoms with Gasteiger partial charge in [0.2, 0.25) is 0 Å². The van der Waals surface area contributed by atoms with Crippen LogP contribution < -0.4 is 0 Å². The second kappa shape index (κ2) is 3.96. The molecule has 0 unspecified atom stereocenters. The van der Waals surface area contributed by atoms with E-state index in [1.165, 1.54) is 12.1 Å². The Kier molecular flexibility index (Phi) is 2.64. The molecule has 0 aliphatic carbocycles. The van der Waals surface area contributed by atoms with Gasteiger partial charge in [0.25, 0.3) is 0 Å². The smallest absolute Gasteiger partial charge is 0.303 e. The van der Waals surface area contributed by atoms with Crippen molar-refractivity contribution >= 4 is 16.9 Å². The molecule has 0 saturated heterocycles. The molecule has 0 atom stereocenters. The Labute approximate surface area is 91.9 Å². The van der Waals surface area contributed by atoms with Crippen molar-refractivity contribution in [2.45, 2.75) is 19.8 Å². The Hall–Kier alpha value is -1.84. The van der Waals surface area contributed by atoms with Crippen LogP contribution in [-0.2, 0) is 11.2 Å². The van der Waals surface area contributed by atoms with E-state index in [4.69, 9.17) is 5.11 Å². The fourth-order valence-corrected chi connectivity index (χ4v) is 1.91. The number of carboxylic acid groups (broad SMARTS) is 1. The number of hydrogen-bond acceptors (Lipinski definition) is 1. The minimum atomic E-state index is -0.842. The molecule has 1 aromatic heterocycles. The number of carboxylic acids is 1. The van der Waals surface area contributed by atoms with E-state index in [9.17, 15) is 9.18 Å². The van der Waals surface area contributed by atoms with Crippen molar-refractivity contribution < 1.29 is 14.3 Å². The van der Waals surface area contributed by atoms with Gasteiger partial charge in [-0.05, 0) is 37.1 Å². The summed E-state index contributed by atoms with van der Waals surface area (Å²) in [5, 5.41) is 9.42. The van der Waals surface area contributed by atoms with E-state index in [0.29, 0.717) is 6.42 Å². The first-order valence-corrected chi connectivity index (χ1v) is 5.06. The van der Waals surface area contributed by atoms with Crippen LogP contribution in [0.5, 0.6) is 0 Å². The number of aromatic amines is 1. The molecule has 0 aliphatic heterocycles. The van der Waals surface area contributed by atoms with Crippen molar-refractivity contribution in [3.05, 3.63) is 35.3 Å². The minimum absolute atomic E-state index is 0.0598. The Bertz CT molecular complexity index is 545. The van der Waals surface area contributed by atoms with Gasteiger partial charge in [-0.25, -0.2) is 4.39 Å². The van der Waals surface area contributed by atoms with Gasteiger partial charge in [0.1, 0.15) is 5.82 Å². The van der Waals surface area contributed by atoms with Crippen LogP contribution in [0.3, 0.4) is 0 Å². The van der Waals surface area contributed by atoms with Crippen LogP contribution in [-0.4, -0.2) is 16.1 Å². The zero-order valence-corrected chi connectivity index (χ0v) is 8.88. The van der Waals surface area contributed by atoms with E-state index < -0.39 is 5.97 Å². The van der Waals surface area contributed by atoms with E-state index in [2.05, 4.69) is 4.98 Å². The summed E-state index contributed by atoms with van der Waals surface area (Å²) >= 11 is 0. The van der Waals surface area contributed by atoms with Crippen molar-refractivity contribution in [3.8, 4) is 0 Å². The van der Waals surface area contributed by atoms with Gasteiger partial charge in [-0.15, -0.1) is 0 Å². The second-order valence-electron chi connectivity index (χ2n) is 3.81. The summed E-state index contributed by atoms with van der Waals surface area (Å²) < 4.78 is 13.1. The maximum atomic E-state index is 13.1. The fraction of sp³-hybridized carbons (Fsp3) is 0.250. The summed E-state index contributed by atoms with van der Waals surface area (Å²) in [5.74, 6) is -1.15. The molecule has 0 saturated carbocycles. The minimum Gasteiger partial charge on any atom is -0.481 e. The quantitative estimate of drug-likeness (QED) is 0.837. The van der Waals surface area contributed by atoms with E-state index in [0.717, 1.165) is 22.2 Å². The molecule has 1 aromatic carbocycles. The molecule has 84 valence electrons. The summed E-state index contributed by atoms with van der Waals surface area (Å²) in [6.45, 7) is 1.87. The molecule has 0 aliphatic rings. The van der Waals surface area contributed by atoms with Crippen LogP contribution in [0, 0.1) is 12.7 Å². The van der Waals surface area contributed by atoms with E-state index in [-0.39, 0.29) is 12.2 Å². The SMILES string of the molecule is Cc1[nH]c2ccc(F)cc2c1CCC(=O)O. The lowest BCUT2D eigenvalue weighted by molar-refractivity contribution is -0.136. The molecule has 0 radical (unpaired) electrons. The van der Waals surface area contributed by atoms with Gasteiger partial charge in [0.05, 0.1) is 0 Å². The first-order chi connectivity index (χ1) is 7.58. The molecule has 0 amide bonds. The maximum Gasteiger partial charge on any atom is 0.303 e. The summed E-state index contributed by atoms with van der Waals surface area (Å²) in [7, 11) is 0. The van der Waals surface area contributed by atoms with Crippen molar-refractivity contribution in [1.29, 1.82) is 0 Å². The molecule has 2 aromatic rings. The molecule has 16 heavy (non-hydrogen) atoms. The van der Waals surface area contributed by atoms with Gasteiger partial charge in [-0.2, -0.15) is 0 Å². The lowest BCUT2D eigenvalue weighted by Crippen LogP contribution is -1.98. The predicted molar refractivity (Wildman–Crippen MR) is 59.0 cm³/mol. The number of fused-ring (bicyclic) bond motifs is 1. The number of hydrogen-bond donors (Lipinski definition) is 2. The standard InChI is InChI=1S/C12H12FNO2/c1-7-9(3-5-12(15)16)10-6-8(13)2-4-11(10)14-7/h2,4,6,14H,3,5H2,1H3,(H,15,16). The van der Waals surface area contributed by atoms with Crippen LogP contribution in [0.2, 0.25) is 0 Å². The number of aliphatic carboxylic acids is 1. The lowest BCUT2D eigenvalue weighted by atomic mass is 10.1. The third-order valence-corrected chi connectivity index (χ3v) is 2.67. The number of aromatic nitrogens is 1. The number of rotatable bonds is 3. The topological polar surface area (TPSA) is 53.1 Å². The van der Waals surface area contributed by atoms with Crippen molar-refractivity contribution in [1.82, 2.24) is 4.98 Å². The summed E-state index contributed by atoms with van der Waals surface area (Å²) in [6, 6.07) is 4.50. The highest BCUT2D eigenvalue weighted by Gasteiger charge is 2.10. The molecule has 0 fully saturated rings. The highest BCUT2D eigenvalue weighted by Crippen LogP contribution is 2.24. The van der Waals surface area contributed by atoms with Gasteiger partial charge < -0.3 is 10.1 Å². The monoisotopic (exact) mass is 221 g/mol.